The van der Waals surface area contributed by atoms with Gasteiger partial charge in [0.15, 0.2) is 17.0 Å². The highest BCUT2D eigenvalue weighted by Crippen LogP contribution is 2.33. The number of esters is 1. The summed E-state index contributed by atoms with van der Waals surface area (Å²) in [7, 11) is 1.51. The molecule has 1 atom stereocenters. The fraction of sp³-hybridized carbons (Fsp3) is 0.350. The van der Waals surface area contributed by atoms with Crippen LogP contribution in [-0.4, -0.2) is 58.9 Å². The number of carbonyl (C=O) groups excluding carboxylic acids is 4. The van der Waals surface area contributed by atoms with Crippen LogP contribution in [-0.2, 0) is 26.4 Å². The number of ether oxygens (including phenoxy) is 2. The van der Waals surface area contributed by atoms with Gasteiger partial charge >= 0.3 is 5.97 Å². The van der Waals surface area contributed by atoms with Crippen molar-refractivity contribution < 1.29 is 28.7 Å². The summed E-state index contributed by atoms with van der Waals surface area (Å²) in [5, 5.41) is 9.26. The number of Topliss-reactive ketones (excluding diaryl/α,β-unsaturated/α-hetero) is 1. The molecule has 0 radical (unpaired) electrons. The number of hydrogen-bond acceptors (Lipinski definition) is 7. The fourth-order valence-corrected chi connectivity index (χ4v) is 3.81. The van der Waals surface area contributed by atoms with E-state index in [1.807, 2.05) is 0 Å². The number of carbonyl (C=O) groups is 4. The van der Waals surface area contributed by atoms with E-state index in [-0.39, 0.29) is 43.4 Å². The summed E-state index contributed by atoms with van der Waals surface area (Å²) in [6.07, 6.45) is -0.323. The van der Waals surface area contributed by atoms with E-state index in [9.17, 15) is 19.2 Å². The number of rotatable bonds is 6. The van der Waals surface area contributed by atoms with Gasteiger partial charge in [0.25, 0.3) is 5.91 Å². The Morgan fingerprint density at radius 2 is 2.07 bits per heavy atom. The van der Waals surface area contributed by atoms with Gasteiger partial charge in [-0.1, -0.05) is 6.07 Å². The molecule has 2 aliphatic heterocycles. The van der Waals surface area contributed by atoms with Gasteiger partial charge in [-0.25, -0.2) is 4.79 Å². The van der Waals surface area contributed by atoms with Crippen LogP contribution in [0.5, 0.6) is 5.75 Å². The first-order chi connectivity index (χ1) is 14.4. The van der Waals surface area contributed by atoms with Gasteiger partial charge in [0.2, 0.25) is 5.91 Å². The monoisotopic (exact) mass is 412 g/mol. The molecule has 2 aromatic rings. The highest BCUT2D eigenvalue weighted by atomic mass is 16.5. The number of aromatic nitrogens is 2. The zero-order valence-electron chi connectivity index (χ0n) is 16.5. The van der Waals surface area contributed by atoms with Gasteiger partial charge in [-0.05, 0) is 30.7 Å². The van der Waals surface area contributed by atoms with Crippen LogP contribution in [0.15, 0.2) is 24.3 Å². The molecule has 4 rings (SSSR count). The van der Waals surface area contributed by atoms with E-state index in [4.69, 9.17) is 9.47 Å². The topological polar surface area (TPSA) is 131 Å². The van der Waals surface area contributed by atoms with Crippen LogP contribution < -0.4 is 10.1 Å². The van der Waals surface area contributed by atoms with E-state index >= 15 is 0 Å². The molecule has 0 unspecified atom stereocenters. The van der Waals surface area contributed by atoms with Crippen LogP contribution in [0, 0.1) is 0 Å². The second kappa shape index (κ2) is 7.29. The molecule has 2 aliphatic rings. The number of amides is 2. The van der Waals surface area contributed by atoms with Crippen LogP contribution in [0.2, 0.25) is 0 Å². The number of methoxy groups -OCH3 is 1. The molecular weight excluding hydrogens is 392 g/mol. The van der Waals surface area contributed by atoms with Crippen molar-refractivity contribution in [3.63, 3.8) is 0 Å². The Morgan fingerprint density at radius 1 is 1.27 bits per heavy atom. The van der Waals surface area contributed by atoms with E-state index in [1.54, 1.807) is 25.1 Å². The Bertz CT molecular complexity index is 1060. The molecule has 1 saturated heterocycles. The minimum absolute atomic E-state index is 0.0130. The first-order valence-corrected chi connectivity index (χ1v) is 9.41. The van der Waals surface area contributed by atoms with Crippen LogP contribution in [0.25, 0.3) is 0 Å². The Balaban J connectivity index is 1.66. The molecule has 10 nitrogen and oxygen atoms in total. The van der Waals surface area contributed by atoms with E-state index < -0.39 is 23.2 Å². The molecule has 10 heteroatoms. The summed E-state index contributed by atoms with van der Waals surface area (Å²) in [5.41, 5.74) is -0.0253. The Labute approximate surface area is 171 Å². The summed E-state index contributed by atoms with van der Waals surface area (Å²) >= 11 is 0. The maximum absolute atomic E-state index is 13.0. The second-order valence-electron chi connectivity index (χ2n) is 7.13. The molecule has 0 saturated carbocycles. The van der Waals surface area contributed by atoms with Crippen LogP contribution in [0.1, 0.15) is 45.4 Å². The van der Waals surface area contributed by atoms with Gasteiger partial charge in [0, 0.05) is 12.1 Å². The van der Waals surface area contributed by atoms with E-state index in [2.05, 4.69) is 15.5 Å². The number of hydrogen-bond donors (Lipinski definition) is 2. The lowest BCUT2D eigenvalue weighted by molar-refractivity contribution is -0.123. The number of H-pyrrole nitrogens is 1. The lowest BCUT2D eigenvalue weighted by Crippen LogP contribution is -2.52. The lowest BCUT2D eigenvalue weighted by Gasteiger charge is -2.31. The summed E-state index contributed by atoms with van der Waals surface area (Å²) in [4.78, 5) is 51.4. The molecule has 30 heavy (non-hydrogen) atoms. The van der Waals surface area contributed by atoms with E-state index in [0.717, 1.165) is 5.56 Å². The summed E-state index contributed by atoms with van der Waals surface area (Å²) < 4.78 is 10.1. The zero-order chi connectivity index (χ0) is 21.5. The van der Waals surface area contributed by atoms with Gasteiger partial charge < -0.3 is 19.7 Å². The molecule has 1 aromatic carbocycles. The van der Waals surface area contributed by atoms with Crippen molar-refractivity contribution in [2.75, 3.05) is 20.3 Å². The van der Waals surface area contributed by atoms with Crippen LogP contribution in [0.4, 0.5) is 0 Å². The highest BCUT2D eigenvalue weighted by Gasteiger charge is 2.51. The van der Waals surface area contributed by atoms with Crippen LogP contribution in [0.3, 0.4) is 0 Å². The highest BCUT2D eigenvalue weighted by molar-refractivity contribution is 6.11. The summed E-state index contributed by atoms with van der Waals surface area (Å²) in [6, 6.07) is 6.57. The first kappa shape index (κ1) is 19.6. The van der Waals surface area contributed by atoms with Crippen molar-refractivity contribution >= 4 is 23.6 Å². The average molecular weight is 412 g/mol. The maximum Gasteiger partial charge on any atom is 0.358 e. The third kappa shape index (κ3) is 3.10. The van der Waals surface area contributed by atoms with E-state index in [0.29, 0.717) is 11.3 Å². The van der Waals surface area contributed by atoms with Crippen molar-refractivity contribution in [3.8, 4) is 5.75 Å². The van der Waals surface area contributed by atoms with Gasteiger partial charge in [-0.3, -0.25) is 19.5 Å². The number of ketones is 1. The maximum atomic E-state index is 13.0. The largest absolute Gasteiger partial charge is 0.497 e. The number of fused-ring (bicyclic) bond motifs is 1. The predicted molar refractivity (Wildman–Crippen MR) is 102 cm³/mol. The fourth-order valence-electron chi connectivity index (χ4n) is 3.81. The molecule has 3 heterocycles. The van der Waals surface area contributed by atoms with Gasteiger partial charge in [-0.15, -0.1) is 0 Å². The SMILES string of the molecule is CCOC(=O)c1cc([C@]2(CN3Cc4ccc(OC)cc4C3=O)NC(=O)CC2=O)[nH]n1. The molecule has 2 amide bonds. The van der Waals surface area contributed by atoms with Gasteiger partial charge in [-0.2, -0.15) is 5.10 Å². The number of aromatic amines is 1. The van der Waals surface area contributed by atoms with Crippen molar-refractivity contribution in [1.29, 1.82) is 0 Å². The summed E-state index contributed by atoms with van der Waals surface area (Å²) in [5.74, 6) is -1.24. The number of nitrogens with one attached hydrogen (secondary N) is 2. The normalized spacial score (nSPS) is 20.3. The quantitative estimate of drug-likeness (QED) is 0.523. The molecular formula is C20H20N4O6. The summed E-state index contributed by atoms with van der Waals surface area (Å²) in [6.45, 7) is 2.02. The Hall–Kier alpha value is -3.69. The second-order valence-corrected chi connectivity index (χ2v) is 7.13. The van der Waals surface area contributed by atoms with Crippen molar-refractivity contribution in [3.05, 3.63) is 46.8 Å². The third-order valence-corrected chi connectivity index (χ3v) is 5.30. The first-order valence-electron chi connectivity index (χ1n) is 9.41. The number of nitrogens with zero attached hydrogens (tertiary/aromatic N) is 2. The smallest absolute Gasteiger partial charge is 0.358 e. The Morgan fingerprint density at radius 3 is 2.73 bits per heavy atom. The predicted octanol–water partition coefficient (Wildman–Crippen LogP) is 0.535. The third-order valence-electron chi connectivity index (χ3n) is 5.30. The Kier molecular flexibility index (Phi) is 4.76. The van der Waals surface area contributed by atoms with Crippen molar-refractivity contribution in [2.45, 2.75) is 25.4 Å². The van der Waals surface area contributed by atoms with Crippen molar-refractivity contribution in [1.82, 2.24) is 20.4 Å². The molecule has 156 valence electrons. The van der Waals surface area contributed by atoms with Crippen molar-refractivity contribution in [2.24, 2.45) is 0 Å². The molecule has 0 bridgehead atoms. The molecule has 2 N–H and O–H groups in total. The standard InChI is InChI=1S/C20H20N4O6/c1-3-30-19(28)14-7-15(23-22-14)20(16(25)8-17(26)21-20)10-24-9-11-4-5-12(29-2)6-13(11)18(24)27/h4-7H,3,8-10H2,1-2H3,(H,21,26)(H,22,23)/t20-/m0/s1. The minimum atomic E-state index is -1.52. The number of benzene rings is 1. The lowest BCUT2D eigenvalue weighted by atomic mass is 9.91. The molecule has 1 aromatic heterocycles. The van der Waals surface area contributed by atoms with E-state index in [1.165, 1.54) is 18.1 Å². The molecule has 0 aliphatic carbocycles. The minimum Gasteiger partial charge on any atom is -0.497 e. The van der Waals surface area contributed by atoms with Crippen LogP contribution >= 0.6 is 0 Å². The average Bonchev–Trinajstić information content (AvgIpc) is 3.40. The van der Waals surface area contributed by atoms with Gasteiger partial charge in [0.1, 0.15) is 5.75 Å². The zero-order valence-corrected chi connectivity index (χ0v) is 16.5. The molecule has 0 spiro atoms. The van der Waals surface area contributed by atoms with Gasteiger partial charge in [0.05, 0.1) is 32.4 Å². The molecule has 1 fully saturated rings.